The molecule has 0 spiro atoms. The van der Waals surface area contributed by atoms with E-state index in [1.54, 1.807) is 13.1 Å². The molecule has 0 fully saturated rings. The minimum Gasteiger partial charge on any atom is -0.320 e. The van der Waals surface area contributed by atoms with Crippen LogP contribution in [0, 0.1) is 0 Å². The van der Waals surface area contributed by atoms with E-state index in [0.29, 0.717) is 12.0 Å². The van der Waals surface area contributed by atoms with Crippen LogP contribution in [0.5, 0.6) is 0 Å². The van der Waals surface area contributed by atoms with Crippen molar-refractivity contribution < 1.29 is 17.6 Å². The molecular formula is C12H15F4N. The average molecular weight is 249 g/mol. The Morgan fingerprint density at radius 2 is 2.00 bits per heavy atom. The van der Waals surface area contributed by atoms with Crippen LogP contribution in [0.1, 0.15) is 17.5 Å². The van der Waals surface area contributed by atoms with Gasteiger partial charge in [-0.25, -0.2) is 8.78 Å². The zero-order valence-electron chi connectivity index (χ0n) is 9.52. The third kappa shape index (κ3) is 3.70. The summed E-state index contributed by atoms with van der Waals surface area (Å²) >= 11 is 0. The molecule has 0 radical (unpaired) electrons. The fourth-order valence-corrected chi connectivity index (χ4v) is 1.53. The normalized spacial score (nSPS) is 12.1. The van der Waals surface area contributed by atoms with Crippen LogP contribution in [0.2, 0.25) is 0 Å². The molecule has 0 aliphatic heterocycles. The molecule has 1 nitrogen and oxygen atoms in total. The van der Waals surface area contributed by atoms with E-state index >= 15 is 0 Å². The van der Waals surface area contributed by atoms with Crippen LogP contribution in [0.3, 0.4) is 0 Å². The molecule has 0 aliphatic rings. The predicted octanol–water partition coefficient (Wildman–Crippen LogP) is 3.20. The number of rotatable bonds is 6. The summed E-state index contributed by atoms with van der Waals surface area (Å²) in [6.45, 7) is 0.759. The lowest BCUT2D eigenvalue weighted by Crippen LogP contribution is -2.23. The summed E-state index contributed by atoms with van der Waals surface area (Å²) in [4.78, 5) is 0. The van der Waals surface area contributed by atoms with Crippen LogP contribution in [0.15, 0.2) is 24.3 Å². The monoisotopic (exact) mass is 249 g/mol. The summed E-state index contributed by atoms with van der Waals surface area (Å²) in [5.74, 6) is -4.07. The van der Waals surface area contributed by atoms with E-state index in [4.69, 9.17) is 0 Å². The Kier molecular flexibility index (Phi) is 4.93. The second kappa shape index (κ2) is 6.00. The van der Waals surface area contributed by atoms with Crippen molar-refractivity contribution >= 4 is 0 Å². The van der Waals surface area contributed by atoms with Crippen molar-refractivity contribution in [3.8, 4) is 0 Å². The van der Waals surface area contributed by atoms with Crippen LogP contribution >= 0.6 is 0 Å². The Balaban J connectivity index is 2.78. The molecule has 0 heterocycles. The standard InChI is InChI=1S/C12H15F4N/c1-17-7-3-5-9-4-2-6-10(8-9)12(15,16)11(13)14/h2,4,6,8,11,17H,3,5,7H2,1H3. The van der Waals surface area contributed by atoms with Gasteiger partial charge in [-0.2, -0.15) is 8.78 Å². The molecule has 1 rings (SSSR count). The average Bonchev–Trinajstić information content (AvgIpc) is 2.29. The SMILES string of the molecule is CNCCCc1cccc(C(F)(F)C(F)F)c1. The number of hydrogen-bond acceptors (Lipinski definition) is 1. The van der Waals surface area contributed by atoms with Gasteiger partial charge in [0.15, 0.2) is 0 Å². The first-order valence-corrected chi connectivity index (χ1v) is 5.38. The first-order chi connectivity index (χ1) is 7.98. The third-order valence-corrected chi connectivity index (χ3v) is 2.48. The van der Waals surface area contributed by atoms with E-state index in [0.717, 1.165) is 25.1 Å². The van der Waals surface area contributed by atoms with E-state index in [1.165, 1.54) is 6.07 Å². The molecule has 1 aromatic carbocycles. The lowest BCUT2D eigenvalue weighted by molar-refractivity contribution is -0.135. The van der Waals surface area contributed by atoms with Crippen LogP contribution in [-0.2, 0) is 12.3 Å². The topological polar surface area (TPSA) is 12.0 Å². The minimum atomic E-state index is -4.07. The highest BCUT2D eigenvalue weighted by molar-refractivity contribution is 5.27. The van der Waals surface area contributed by atoms with Gasteiger partial charge in [-0.1, -0.05) is 18.2 Å². The van der Waals surface area contributed by atoms with Gasteiger partial charge in [-0.05, 0) is 38.1 Å². The van der Waals surface area contributed by atoms with Crippen LogP contribution < -0.4 is 5.32 Å². The number of halogens is 4. The highest BCUT2D eigenvalue weighted by atomic mass is 19.3. The summed E-state index contributed by atoms with van der Waals surface area (Å²) < 4.78 is 50.5. The van der Waals surface area contributed by atoms with Gasteiger partial charge in [0.2, 0.25) is 0 Å². The van der Waals surface area contributed by atoms with E-state index < -0.39 is 17.9 Å². The molecule has 5 heteroatoms. The Hall–Kier alpha value is -1.10. The molecule has 1 aromatic rings. The molecule has 0 aliphatic carbocycles. The Morgan fingerprint density at radius 1 is 1.29 bits per heavy atom. The van der Waals surface area contributed by atoms with Crippen LogP contribution in [0.25, 0.3) is 0 Å². The first kappa shape index (κ1) is 14.0. The number of hydrogen-bond donors (Lipinski definition) is 1. The zero-order valence-corrected chi connectivity index (χ0v) is 9.52. The quantitative estimate of drug-likeness (QED) is 0.603. The molecule has 0 saturated heterocycles. The van der Waals surface area contributed by atoms with Crippen molar-refractivity contribution in [2.24, 2.45) is 0 Å². The second-order valence-corrected chi connectivity index (χ2v) is 3.83. The van der Waals surface area contributed by atoms with Gasteiger partial charge in [0.05, 0.1) is 0 Å². The summed E-state index contributed by atoms with van der Waals surface area (Å²) in [7, 11) is 1.79. The maximum atomic E-state index is 13.1. The van der Waals surface area contributed by atoms with Crippen molar-refractivity contribution in [2.45, 2.75) is 25.2 Å². The summed E-state index contributed by atoms with van der Waals surface area (Å²) in [5, 5.41) is 2.93. The lowest BCUT2D eigenvalue weighted by Gasteiger charge is -2.16. The van der Waals surface area contributed by atoms with E-state index in [9.17, 15) is 17.6 Å². The van der Waals surface area contributed by atoms with Gasteiger partial charge in [0, 0.05) is 5.56 Å². The summed E-state index contributed by atoms with van der Waals surface area (Å²) in [5.41, 5.74) is 0.0348. The Labute approximate surface area is 97.8 Å². The molecular weight excluding hydrogens is 234 g/mol. The molecule has 0 unspecified atom stereocenters. The number of alkyl halides is 4. The van der Waals surface area contributed by atoms with E-state index in [-0.39, 0.29) is 0 Å². The van der Waals surface area contributed by atoms with Crippen molar-refractivity contribution in [2.75, 3.05) is 13.6 Å². The van der Waals surface area contributed by atoms with Gasteiger partial charge in [0.1, 0.15) is 0 Å². The van der Waals surface area contributed by atoms with Gasteiger partial charge in [-0.15, -0.1) is 0 Å². The van der Waals surface area contributed by atoms with Crippen molar-refractivity contribution in [3.05, 3.63) is 35.4 Å². The zero-order chi connectivity index (χ0) is 12.9. The van der Waals surface area contributed by atoms with Gasteiger partial charge in [0.25, 0.3) is 0 Å². The number of benzene rings is 1. The fourth-order valence-electron chi connectivity index (χ4n) is 1.53. The van der Waals surface area contributed by atoms with Gasteiger partial charge < -0.3 is 5.32 Å². The van der Waals surface area contributed by atoms with Gasteiger partial charge >= 0.3 is 12.3 Å². The molecule has 0 aromatic heterocycles. The largest absolute Gasteiger partial charge is 0.332 e. The maximum Gasteiger partial charge on any atom is 0.332 e. The highest BCUT2D eigenvalue weighted by Crippen LogP contribution is 2.34. The predicted molar refractivity (Wildman–Crippen MR) is 58.6 cm³/mol. The number of aryl methyl sites for hydroxylation is 1. The highest BCUT2D eigenvalue weighted by Gasteiger charge is 2.42. The fraction of sp³-hybridized carbons (Fsp3) is 0.500. The summed E-state index contributed by atoms with van der Waals surface area (Å²) in [6, 6.07) is 5.25. The molecule has 0 amide bonds. The number of nitrogens with one attached hydrogen (secondary N) is 1. The molecule has 0 atom stereocenters. The Morgan fingerprint density at radius 3 is 2.59 bits per heavy atom. The molecule has 96 valence electrons. The van der Waals surface area contributed by atoms with Crippen LogP contribution in [0.4, 0.5) is 17.6 Å². The van der Waals surface area contributed by atoms with Crippen molar-refractivity contribution in [1.29, 1.82) is 0 Å². The summed E-state index contributed by atoms with van der Waals surface area (Å²) in [6.07, 6.45) is -2.30. The smallest absolute Gasteiger partial charge is 0.320 e. The maximum absolute atomic E-state index is 13.1. The van der Waals surface area contributed by atoms with E-state index in [2.05, 4.69) is 5.32 Å². The van der Waals surface area contributed by atoms with Crippen LogP contribution in [-0.4, -0.2) is 20.0 Å². The molecule has 0 saturated carbocycles. The van der Waals surface area contributed by atoms with Gasteiger partial charge in [-0.3, -0.25) is 0 Å². The minimum absolute atomic E-state index is 0.591. The second-order valence-electron chi connectivity index (χ2n) is 3.83. The lowest BCUT2D eigenvalue weighted by atomic mass is 10.0. The van der Waals surface area contributed by atoms with E-state index in [1.807, 2.05) is 0 Å². The molecule has 17 heavy (non-hydrogen) atoms. The van der Waals surface area contributed by atoms with Crippen molar-refractivity contribution in [3.63, 3.8) is 0 Å². The molecule has 1 N–H and O–H groups in total. The van der Waals surface area contributed by atoms with Crippen molar-refractivity contribution in [1.82, 2.24) is 5.32 Å². The Bertz CT molecular complexity index is 352. The first-order valence-electron chi connectivity index (χ1n) is 5.38. The third-order valence-electron chi connectivity index (χ3n) is 2.48. The molecule has 0 bridgehead atoms.